The molecule has 1 aromatic carbocycles. The van der Waals surface area contributed by atoms with E-state index in [1.165, 1.54) is 12.8 Å². The number of nitrogens with one attached hydrogen (secondary N) is 1. The predicted molar refractivity (Wildman–Crippen MR) is 61.9 cm³/mol. The van der Waals surface area contributed by atoms with E-state index >= 15 is 0 Å². The Morgan fingerprint density at radius 3 is 2.87 bits per heavy atom. The lowest BCUT2D eigenvalue weighted by Gasteiger charge is -2.26. The molecule has 0 saturated carbocycles. The number of hydrogen-bond donors (Lipinski definition) is 3. The molecule has 0 amide bonds. The fourth-order valence-corrected chi connectivity index (χ4v) is 2.26. The first-order valence-corrected chi connectivity index (χ1v) is 5.51. The van der Waals surface area contributed by atoms with Crippen LogP contribution in [0.3, 0.4) is 0 Å². The number of aryl methyl sites for hydroxylation is 1. The van der Waals surface area contributed by atoms with Crippen LogP contribution in [-0.4, -0.2) is 11.7 Å². The summed E-state index contributed by atoms with van der Waals surface area (Å²) in [6.07, 6.45) is 3.52. The third-order valence-corrected chi connectivity index (χ3v) is 3.13. The van der Waals surface area contributed by atoms with Gasteiger partial charge in [-0.25, -0.2) is 0 Å². The van der Waals surface area contributed by atoms with Crippen LogP contribution in [0.2, 0.25) is 0 Å². The molecule has 1 aromatic rings. The van der Waals surface area contributed by atoms with E-state index in [-0.39, 0.29) is 11.8 Å². The summed E-state index contributed by atoms with van der Waals surface area (Å²) >= 11 is 0. The summed E-state index contributed by atoms with van der Waals surface area (Å²) < 4.78 is 0. The monoisotopic (exact) mass is 206 g/mol. The Kier molecular flexibility index (Phi) is 2.82. The van der Waals surface area contributed by atoms with Crippen molar-refractivity contribution in [2.45, 2.75) is 32.2 Å². The molecule has 0 aromatic heterocycles. The van der Waals surface area contributed by atoms with Crippen LogP contribution < -0.4 is 11.1 Å². The Hall–Kier alpha value is -1.22. The smallest absolute Gasteiger partial charge is 0.143 e. The van der Waals surface area contributed by atoms with E-state index < -0.39 is 0 Å². The van der Waals surface area contributed by atoms with Crippen LogP contribution in [-0.2, 0) is 0 Å². The second-order valence-electron chi connectivity index (χ2n) is 4.24. The van der Waals surface area contributed by atoms with Crippen molar-refractivity contribution in [3.8, 4) is 5.75 Å². The number of nitrogen functional groups attached to an aromatic ring is 1. The molecule has 1 aliphatic heterocycles. The molecule has 15 heavy (non-hydrogen) atoms. The summed E-state index contributed by atoms with van der Waals surface area (Å²) in [5, 5.41) is 13.4. The zero-order valence-electron chi connectivity index (χ0n) is 9.09. The molecule has 82 valence electrons. The van der Waals surface area contributed by atoms with Gasteiger partial charge < -0.3 is 16.2 Å². The van der Waals surface area contributed by atoms with Gasteiger partial charge >= 0.3 is 0 Å². The van der Waals surface area contributed by atoms with Crippen molar-refractivity contribution in [1.82, 2.24) is 5.32 Å². The Morgan fingerprint density at radius 1 is 1.40 bits per heavy atom. The Morgan fingerprint density at radius 2 is 2.20 bits per heavy atom. The Labute approximate surface area is 90.3 Å². The Balaban J connectivity index is 2.36. The van der Waals surface area contributed by atoms with Crippen molar-refractivity contribution >= 4 is 5.69 Å². The van der Waals surface area contributed by atoms with E-state index in [2.05, 4.69) is 5.32 Å². The number of phenolic OH excluding ortho intramolecular Hbond substituents is 1. The van der Waals surface area contributed by atoms with E-state index in [1.54, 1.807) is 6.07 Å². The fourth-order valence-electron chi connectivity index (χ4n) is 2.26. The molecule has 1 aliphatic rings. The van der Waals surface area contributed by atoms with Crippen molar-refractivity contribution in [3.63, 3.8) is 0 Å². The number of aromatic hydroxyl groups is 1. The van der Waals surface area contributed by atoms with Crippen molar-refractivity contribution < 1.29 is 5.11 Å². The van der Waals surface area contributed by atoms with Gasteiger partial charge in [0.1, 0.15) is 5.75 Å². The third kappa shape index (κ3) is 1.92. The molecule has 1 saturated heterocycles. The van der Waals surface area contributed by atoms with Crippen LogP contribution in [0, 0.1) is 6.92 Å². The van der Waals surface area contributed by atoms with Gasteiger partial charge in [-0.15, -0.1) is 0 Å². The van der Waals surface area contributed by atoms with Gasteiger partial charge in [-0.3, -0.25) is 0 Å². The van der Waals surface area contributed by atoms with E-state index in [9.17, 15) is 5.11 Å². The topological polar surface area (TPSA) is 58.3 Å². The molecule has 0 spiro atoms. The van der Waals surface area contributed by atoms with Crippen LogP contribution in [0.4, 0.5) is 5.69 Å². The predicted octanol–water partition coefficient (Wildman–Crippen LogP) is 2.10. The number of anilines is 1. The molecule has 0 radical (unpaired) electrons. The average Bonchev–Trinajstić information content (AvgIpc) is 2.26. The van der Waals surface area contributed by atoms with E-state index in [4.69, 9.17) is 5.73 Å². The minimum absolute atomic E-state index is 0.259. The van der Waals surface area contributed by atoms with Gasteiger partial charge in [0, 0.05) is 11.6 Å². The molecule has 4 N–H and O–H groups in total. The molecule has 0 unspecified atom stereocenters. The highest BCUT2D eigenvalue weighted by molar-refractivity contribution is 5.59. The van der Waals surface area contributed by atoms with Crippen LogP contribution >= 0.6 is 0 Å². The fraction of sp³-hybridized carbons (Fsp3) is 0.500. The van der Waals surface area contributed by atoms with Gasteiger partial charge in [0.15, 0.2) is 0 Å². The number of benzene rings is 1. The normalized spacial score (nSPS) is 21.5. The lowest BCUT2D eigenvalue weighted by molar-refractivity contribution is 0.390. The van der Waals surface area contributed by atoms with Gasteiger partial charge in [0.2, 0.25) is 0 Å². The Bertz CT molecular complexity index is 357. The third-order valence-electron chi connectivity index (χ3n) is 3.13. The van der Waals surface area contributed by atoms with Gasteiger partial charge in [-0.1, -0.05) is 12.5 Å². The molecule has 1 atom stereocenters. The largest absolute Gasteiger partial charge is 0.505 e. The maximum atomic E-state index is 9.97. The van der Waals surface area contributed by atoms with Crippen molar-refractivity contribution in [2.24, 2.45) is 0 Å². The summed E-state index contributed by atoms with van der Waals surface area (Å²) in [6.45, 7) is 3.04. The van der Waals surface area contributed by atoms with E-state index in [0.29, 0.717) is 5.69 Å². The second kappa shape index (κ2) is 4.11. The van der Waals surface area contributed by atoms with Crippen LogP contribution in [0.15, 0.2) is 12.1 Å². The maximum Gasteiger partial charge on any atom is 0.143 e. The lowest BCUT2D eigenvalue weighted by atomic mass is 9.93. The van der Waals surface area contributed by atoms with Crippen LogP contribution in [0.5, 0.6) is 5.75 Å². The summed E-state index contributed by atoms with van der Waals surface area (Å²) in [5.74, 6) is 0.259. The first-order chi connectivity index (χ1) is 7.20. The minimum atomic E-state index is 0.259. The minimum Gasteiger partial charge on any atom is -0.505 e. The number of piperidine rings is 1. The van der Waals surface area contributed by atoms with Gasteiger partial charge in [-0.05, 0) is 37.9 Å². The summed E-state index contributed by atoms with van der Waals surface area (Å²) in [4.78, 5) is 0. The standard InChI is InChI=1S/C12H18N2O/c1-8-5-6-9(13)12(15)11(8)10-4-2-3-7-14-10/h5-6,10,14-15H,2-4,7,13H2,1H3/t10-/m0/s1. The highest BCUT2D eigenvalue weighted by Crippen LogP contribution is 2.36. The molecule has 3 heteroatoms. The van der Waals surface area contributed by atoms with Crippen molar-refractivity contribution in [3.05, 3.63) is 23.3 Å². The molecule has 3 nitrogen and oxygen atoms in total. The van der Waals surface area contributed by atoms with E-state index in [0.717, 1.165) is 24.1 Å². The molecule has 2 rings (SSSR count). The quantitative estimate of drug-likeness (QED) is 0.487. The molecule has 0 aliphatic carbocycles. The molecule has 0 bridgehead atoms. The number of rotatable bonds is 1. The zero-order valence-corrected chi connectivity index (χ0v) is 9.09. The summed E-state index contributed by atoms with van der Waals surface area (Å²) in [5.41, 5.74) is 8.29. The van der Waals surface area contributed by atoms with Gasteiger partial charge in [0.05, 0.1) is 5.69 Å². The zero-order chi connectivity index (χ0) is 10.8. The maximum absolute atomic E-state index is 9.97. The SMILES string of the molecule is Cc1ccc(N)c(O)c1[C@@H]1CCCCN1. The number of phenols is 1. The number of nitrogens with two attached hydrogens (primary N) is 1. The molecular weight excluding hydrogens is 188 g/mol. The average molecular weight is 206 g/mol. The van der Waals surface area contributed by atoms with E-state index in [1.807, 2.05) is 13.0 Å². The lowest BCUT2D eigenvalue weighted by Crippen LogP contribution is -2.27. The highest BCUT2D eigenvalue weighted by atomic mass is 16.3. The van der Waals surface area contributed by atoms with Crippen LogP contribution in [0.1, 0.15) is 36.4 Å². The molecule has 1 fully saturated rings. The molecular formula is C12H18N2O. The summed E-state index contributed by atoms with van der Waals surface area (Å²) in [6, 6.07) is 4.00. The molecule has 1 heterocycles. The number of hydrogen-bond acceptors (Lipinski definition) is 3. The summed E-state index contributed by atoms with van der Waals surface area (Å²) in [7, 11) is 0. The van der Waals surface area contributed by atoms with Gasteiger partial charge in [-0.2, -0.15) is 0 Å². The van der Waals surface area contributed by atoms with Crippen molar-refractivity contribution in [2.75, 3.05) is 12.3 Å². The van der Waals surface area contributed by atoms with Crippen LogP contribution in [0.25, 0.3) is 0 Å². The van der Waals surface area contributed by atoms with Gasteiger partial charge in [0.25, 0.3) is 0 Å². The van der Waals surface area contributed by atoms with Crippen molar-refractivity contribution in [1.29, 1.82) is 0 Å². The first kappa shape index (κ1) is 10.3. The first-order valence-electron chi connectivity index (χ1n) is 5.51. The second-order valence-corrected chi connectivity index (χ2v) is 4.24. The highest BCUT2D eigenvalue weighted by Gasteiger charge is 2.20.